The van der Waals surface area contributed by atoms with Crippen molar-refractivity contribution in [3.05, 3.63) is 0 Å². The zero-order valence-electron chi connectivity index (χ0n) is 11.3. The van der Waals surface area contributed by atoms with E-state index >= 15 is 0 Å². The largest absolute Gasteiger partial charge is 0.376 e. The van der Waals surface area contributed by atoms with Crippen LogP contribution in [-0.2, 0) is 4.74 Å². The molecular weight excluding hydrogens is 138 g/mol. The van der Waals surface area contributed by atoms with Crippen LogP contribution in [0.3, 0.4) is 0 Å². The number of hydrogen-bond acceptors (Lipinski definition) is 2. The fraction of sp³-hybridized carbons (Fsp3) is 1.00. The maximum Gasteiger partial charge on any atom is 0.0700 e. The first kappa shape index (κ1) is 4.83. The van der Waals surface area contributed by atoms with E-state index in [0.717, 1.165) is 6.42 Å². The fourth-order valence-electron chi connectivity index (χ4n) is 1.13. The van der Waals surface area contributed by atoms with Crippen molar-refractivity contribution in [1.29, 1.82) is 0 Å². The Kier molecular flexibility index (Phi) is 2.08. The first-order valence-corrected chi connectivity index (χ1v) is 4.28. The van der Waals surface area contributed by atoms with Crippen LogP contribution in [0.5, 0.6) is 0 Å². The van der Waals surface area contributed by atoms with E-state index in [0.29, 0.717) is 19.5 Å². The molecule has 1 aliphatic rings. The minimum absolute atomic E-state index is 0.213. The Morgan fingerprint density at radius 1 is 1.64 bits per heavy atom. The highest BCUT2D eigenvalue weighted by atomic mass is 16.5. The van der Waals surface area contributed by atoms with Gasteiger partial charge >= 0.3 is 0 Å². The number of ether oxygens (including phenoxy) is 1. The zero-order valence-corrected chi connectivity index (χ0v) is 7.26. The third-order valence-corrected chi connectivity index (χ3v) is 1.80. The maximum absolute atomic E-state index is 7.75. The molecule has 1 aliphatic heterocycles. The van der Waals surface area contributed by atoms with Gasteiger partial charge in [-0.15, -0.1) is 0 Å². The quantitative estimate of drug-likeness (QED) is 0.622. The standard InChI is InChI=1S/C9H19NO/c1-3-5-10-6-7-11-9(4-2)8-10/h9H,3-8H2,1-2H3/i6D2,7D2. The Morgan fingerprint density at radius 2 is 2.45 bits per heavy atom. The van der Waals surface area contributed by atoms with E-state index in [1.165, 1.54) is 0 Å². The van der Waals surface area contributed by atoms with Crippen LogP contribution in [0.1, 0.15) is 32.2 Å². The average Bonchev–Trinajstić information content (AvgIpc) is 2.13. The van der Waals surface area contributed by atoms with Crippen molar-refractivity contribution < 1.29 is 10.2 Å². The molecule has 1 unspecified atom stereocenters. The molecule has 1 heterocycles. The molecule has 1 atom stereocenters. The molecule has 0 spiro atoms. The Hall–Kier alpha value is -0.0800. The molecule has 1 saturated heterocycles. The molecule has 0 N–H and O–H groups in total. The molecule has 0 amide bonds. The van der Waals surface area contributed by atoms with Crippen molar-refractivity contribution in [3.63, 3.8) is 0 Å². The van der Waals surface area contributed by atoms with Crippen LogP contribution in [0.25, 0.3) is 0 Å². The average molecular weight is 161 g/mol. The van der Waals surface area contributed by atoms with Crippen LogP contribution in [0.2, 0.25) is 0 Å². The van der Waals surface area contributed by atoms with Crippen LogP contribution in [0.4, 0.5) is 0 Å². The van der Waals surface area contributed by atoms with E-state index in [4.69, 9.17) is 10.2 Å². The second kappa shape index (κ2) is 4.73. The molecular formula is C9H19NO. The Bertz CT molecular complexity index is 222. The minimum atomic E-state index is -2.22. The fourth-order valence-corrected chi connectivity index (χ4v) is 1.13. The second-order valence-corrected chi connectivity index (χ2v) is 2.81. The normalized spacial score (nSPS) is 41.8. The Labute approximate surface area is 75.1 Å². The summed E-state index contributed by atoms with van der Waals surface area (Å²) in [5.74, 6) is 0. The minimum Gasteiger partial charge on any atom is -0.376 e. The van der Waals surface area contributed by atoms with E-state index < -0.39 is 13.1 Å². The van der Waals surface area contributed by atoms with Gasteiger partial charge < -0.3 is 4.74 Å². The van der Waals surface area contributed by atoms with E-state index in [9.17, 15) is 0 Å². The smallest absolute Gasteiger partial charge is 0.0700 e. The summed E-state index contributed by atoms with van der Waals surface area (Å²) in [7, 11) is 0. The van der Waals surface area contributed by atoms with Gasteiger partial charge in [-0.25, -0.2) is 0 Å². The molecule has 1 fully saturated rings. The molecule has 11 heavy (non-hydrogen) atoms. The molecule has 0 aromatic heterocycles. The lowest BCUT2D eigenvalue weighted by molar-refractivity contribution is -0.0294. The van der Waals surface area contributed by atoms with Crippen LogP contribution in [0.15, 0.2) is 0 Å². The van der Waals surface area contributed by atoms with E-state index in [2.05, 4.69) is 0 Å². The van der Waals surface area contributed by atoms with Crippen LogP contribution in [-0.4, -0.2) is 37.1 Å². The van der Waals surface area contributed by atoms with Gasteiger partial charge in [0.25, 0.3) is 0 Å². The zero-order chi connectivity index (χ0) is 11.7. The molecule has 0 radical (unpaired) electrons. The highest BCUT2D eigenvalue weighted by Gasteiger charge is 2.17. The molecule has 0 aromatic rings. The molecule has 0 aliphatic carbocycles. The van der Waals surface area contributed by atoms with Crippen molar-refractivity contribution in [2.75, 3.05) is 26.1 Å². The summed E-state index contributed by atoms with van der Waals surface area (Å²) in [6, 6.07) is 0. The van der Waals surface area contributed by atoms with Gasteiger partial charge in [-0.2, -0.15) is 0 Å². The number of morpholine rings is 1. The predicted molar refractivity (Wildman–Crippen MR) is 46.8 cm³/mol. The third-order valence-electron chi connectivity index (χ3n) is 1.80. The van der Waals surface area contributed by atoms with Gasteiger partial charge in [-0.05, 0) is 19.4 Å². The van der Waals surface area contributed by atoms with Gasteiger partial charge in [0.2, 0.25) is 0 Å². The summed E-state index contributed by atoms with van der Waals surface area (Å²) in [6.07, 6.45) is 1.30. The summed E-state index contributed by atoms with van der Waals surface area (Å²) >= 11 is 0. The lowest BCUT2D eigenvalue weighted by Gasteiger charge is -2.32. The van der Waals surface area contributed by atoms with Gasteiger partial charge in [-0.3, -0.25) is 4.90 Å². The molecule has 1 rings (SSSR count). The highest BCUT2D eigenvalue weighted by Crippen LogP contribution is 2.07. The van der Waals surface area contributed by atoms with Crippen molar-refractivity contribution in [2.45, 2.75) is 32.8 Å². The second-order valence-electron chi connectivity index (χ2n) is 2.81. The van der Waals surface area contributed by atoms with Gasteiger partial charge in [0.05, 0.1) is 15.4 Å². The van der Waals surface area contributed by atoms with Crippen molar-refractivity contribution in [2.24, 2.45) is 0 Å². The third kappa shape index (κ3) is 2.80. The van der Waals surface area contributed by atoms with Crippen LogP contribution in [0, 0.1) is 0 Å². The van der Waals surface area contributed by atoms with Crippen molar-refractivity contribution >= 4 is 0 Å². The van der Waals surface area contributed by atoms with E-state index in [1.807, 2.05) is 13.8 Å². The summed E-state index contributed by atoms with van der Waals surface area (Å²) in [5, 5.41) is 0. The Morgan fingerprint density at radius 3 is 3.09 bits per heavy atom. The summed E-state index contributed by atoms with van der Waals surface area (Å²) < 4.78 is 35.8. The van der Waals surface area contributed by atoms with Gasteiger partial charge in [0.15, 0.2) is 0 Å². The molecule has 66 valence electrons. The van der Waals surface area contributed by atoms with Gasteiger partial charge in [-0.1, -0.05) is 13.8 Å². The van der Waals surface area contributed by atoms with Crippen molar-refractivity contribution in [1.82, 2.24) is 4.90 Å². The molecule has 0 aromatic carbocycles. The van der Waals surface area contributed by atoms with E-state index in [-0.39, 0.29) is 6.10 Å². The first-order chi connectivity index (χ1) is 6.85. The maximum atomic E-state index is 7.75. The summed E-state index contributed by atoms with van der Waals surface area (Å²) in [6.45, 7) is 0.660. The Balaban J connectivity index is 2.84. The highest BCUT2D eigenvalue weighted by molar-refractivity contribution is 4.69. The summed E-state index contributed by atoms with van der Waals surface area (Å²) in [4.78, 5) is 1.55. The number of hydrogen-bond donors (Lipinski definition) is 0. The summed E-state index contributed by atoms with van der Waals surface area (Å²) in [5.41, 5.74) is 0. The SMILES string of the molecule is [2H]C1([2H])OC(CC)CN(CCC)C1([2H])[2H]. The lowest BCUT2D eigenvalue weighted by atomic mass is 10.2. The molecule has 2 heteroatoms. The van der Waals surface area contributed by atoms with Crippen LogP contribution >= 0.6 is 0 Å². The monoisotopic (exact) mass is 161 g/mol. The topological polar surface area (TPSA) is 12.5 Å². The first-order valence-electron chi connectivity index (χ1n) is 6.28. The number of rotatable bonds is 3. The van der Waals surface area contributed by atoms with Crippen LogP contribution < -0.4 is 0 Å². The lowest BCUT2D eigenvalue weighted by Crippen LogP contribution is -2.42. The van der Waals surface area contributed by atoms with E-state index in [1.54, 1.807) is 4.90 Å². The predicted octanol–water partition coefficient (Wildman–Crippen LogP) is 1.51. The molecule has 0 bridgehead atoms. The van der Waals surface area contributed by atoms with Gasteiger partial charge in [0.1, 0.15) is 0 Å². The molecule has 0 saturated carbocycles. The number of nitrogens with zero attached hydrogens (tertiary/aromatic N) is 1. The molecule has 2 nitrogen and oxygen atoms in total. The van der Waals surface area contributed by atoms with Gasteiger partial charge in [0, 0.05) is 15.8 Å². The van der Waals surface area contributed by atoms with Crippen molar-refractivity contribution in [3.8, 4) is 0 Å².